The first-order valence-electron chi connectivity index (χ1n) is 4.25. The zero-order chi connectivity index (χ0) is 7.95. The van der Waals surface area contributed by atoms with Crippen LogP contribution in [0.25, 0.3) is 0 Å². The van der Waals surface area contributed by atoms with Crippen LogP contribution in [0.5, 0.6) is 0 Å². The molecule has 1 saturated carbocycles. The lowest BCUT2D eigenvalue weighted by Gasteiger charge is -2.50. The van der Waals surface area contributed by atoms with Crippen molar-refractivity contribution >= 4 is 0 Å². The van der Waals surface area contributed by atoms with Gasteiger partial charge >= 0.3 is 0 Å². The number of hydrogen-bond acceptors (Lipinski definition) is 2. The lowest BCUT2D eigenvalue weighted by molar-refractivity contribution is -0.123. The van der Waals surface area contributed by atoms with Gasteiger partial charge in [-0.1, -0.05) is 6.08 Å². The molecule has 3 fully saturated rings. The normalized spacial score (nSPS) is 49.2. The summed E-state index contributed by atoms with van der Waals surface area (Å²) in [5.74, 6) is 0. The Hall–Kier alpha value is -0.340. The van der Waals surface area contributed by atoms with Gasteiger partial charge in [0.2, 0.25) is 0 Å². The van der Waals surface area contributed by atoms with Gasteiger partial charge in [-0.15, -0.1) is 6.58 Å². The standard InChI is InChI=1S/C9H15NO/c1-2-9-5-3-8(10,4-6-9)7-11-9/h2H,1,3-7,10H2. The van der Waals surface area contributed by atoms with Crippen LogP contribution >= 0.6 is 0 Å². The zero-order valence-electron chi connectivity index (χ0n) is 6.81. The largest absolute Gasteiger partial charge is 0.369 e. The van der Waals surface area contributed by atoms with E-state index in [0.717, 1.165) is 32.3 Å². The molecule has 2 heterocycles. The fourth-order valence-electron chi connectivity index (χ4n) is 2.01. The predicted octanol–water partition coefficient (Wildman–Crippen LogP) is 1.21. The Morgan fingerprint density at radius 1 is 1.27 bits per heavy atom. The minimum absolute atomic E-state index is 0.00917. The number of fused-ring (bicyclic) bond motifs is 3. The van der Waals surface area contributed by atoms with Crippen LogP contribution in [0.15, 0.2) is 12.7 Å². The van der Waals surface area contributed by atoms with Crippen molar-refractivity contribution in [2.75, 3.05) is 6.61 Å². The van der Waals surface area contributed by atoms with Crippen LogP contribution in [0.2, 0.25) is 0 Å². The highest BCUT2D eigenvalue weighted by molar-refractivity contribution is 5.09. The van der Waals surface area contributed by atoms with Gasteiger partial charge in [0.05, 0.1) is 12.2 Å². The maximum absolute atomic E-state index is 6.05. The summed E-state index contributed by atoms with van der Waals surface area (Å²) in [6.45, 7) is 4.53. The molecule has 0 aromatic heterocycles. The topological polar surface area (TPSA) is 35.2 Å². The smallest absolute Gasteiger partial charge is 0.0862 e. The van der Waals surface area contributed by atoms with Gasteiger partial charge in [-0.05, 0) is 25.7 Å². The SMILES string of the molecule is C=CC12CCC(N)(CC1)CO2. The van der Waals surface area contributed by atoms with E-state index < -0.39 is 0 Å². The third-order valence-electron chi connectivity index (χ3n) is 3.11. The van der Waals surface area contributed by atoms with Gasteiger partial charge in [-0.2, -0.15) is 0 Å². The average molecular weight is 153 g/mol. The molecule has 1 aliphatic carbocycles. The first kappa shape index (κ1) is 7.32. The summed E-state index contributed by atoms with van der Waals surface area (Å²) >= 11 is 0. The van der Waals surface area contributed by atoms with Crippen LogP contribution in [-0.4, -0.2) is 17.7 Å². The van der Waals surface area contributed by atoms with E-state index in [1.165, 1.54) is 0 Å². The van der Waals surface area contributed by atoms with Crippen LogP contribution < -0.4 is 5.73 Å². The van der Waals surface area contributed by atoms with Gasteiger partial charge in [0.1, 0.15) is 0 Å². The highest BCUT2D eigenvalue weighted by Crippen LogP contribution is 2.42. The van der Waals surface area contributed by atoms with Crippen LogP contribution in [0.4, 0.5) is 0 Å². The minimum atomic E-state index is -0.0128. The fraction of sp³-hybridized carbons (Fsp3) is 0.778. The van der Waals surface area contributed by atoms with Crippen LogP contribution in [-0.2, 0) is 4.74 Å². The van der Waals surface area contributed by atoms with Crippen molar-refractivity contribution in [3.63, 3.8) is 0 Å². The van der Waals surface area contributed by atoms with Crippen molar-refractivity contribution in [2.45, 2.75) is 36.8 Å². The summed E-state index contributed by atoms with van der Waals surface area (Å²) in [6, 6.07) is 0. The third kappa shape index (κ3) is 1.01. The number of hydrogen-bond donors (Lipinski definition) is 1. The molecule has 0 spiro atoms. The Kier molecular flexibility index (Phi) is 1.38. The van der Waals surface area contributed by atoms with Crippen molar-refractivity contribution in [1.29, 1.82) is 0 Å². The summed E-state index contributed by atoms with van der Waals surface area (Å²) in [7, 11) is 0. The second kappa shape index (κ2) is 2.08. The monoisotopic (exact) mass is 153 g/mol. The van der Waals surface area contributed by atoms with Crippen molar-refractivity contribution in [3.05, 3.63) is 12.7 Å². The molecule has 2 heteroatoms. The van der Waals surface area contributed by atoms with Gasteiger partial charge < -0.3 is 10.5 Å². The molecule has 3 rings (SSSR count). The van der Waals surface area contributed by atoms with Crippen LogP contribution in [0.3, 0.4) is 0 Å². The first-order chi connectivity index (χ1) is 5.18. The lowest BCUT2D eigenvalue weighted by Crippen LogP contribution is -2.58. The van der Waals surface area contributed by atoms with Crippen molar-refractivity contribution < 1.29 is 4.74 Å². The Morgan fingerprint density at radius 2 is 1.91 bits per heavy atom. The summed E-state index contributed by atoms with van der Waals surface area (Å²) in [6.07, 6.45) is 6.27. The number of nitrogens with two attached hydrogens (primary N) is 1. The molecule has 62 valence electrons. The van der Waals surface area contributed by atoms with Crippen molar-refractivity contribution in [1.82, 2.24) is 0 Å². The van der Waals surface area contributed by atoms with Gasteiger partial charge in [0, 0.05) is 5.54 Å². The van der Waals surface area contributed by atoms with Gasteiger partial charge in [0.15, 0.2) is 0 Å². The molecule has 2 N–H and O–H groups in total. The molecule has 3 aliphatic rings. The molecule has 2 bridgehead atoms. The Bertz CT molecular complexity index is 163. The molecular formula is C9H15NO. The highest BCUT2D eigenvalue weighted by Gasteiger charge is 2.45. The van der Waals surface area contributed by atoms with Gasteiger partial charge in [0.25, 0.3) is 0 Å². The van der Waals surface area contributed by atoms with Crippen LogP contribution in [0, 0.1) is 0 Å². The Balaban J connectivity index is 2.18. The molecule has 0 aromatic rings. The summed E-state index contributed by atoms with van der Waals surface area (Å²) in [5.41, 5.74) is 6.03. The summed E-state index contributed by atoms with van der Waals surface area (Å²) in [5, 5.41) is 0. The molecule has 0 radical (unpaired) electrons. The average Bonchev–Trinajstić information content (AvgIpc) is 2.07. The highest BCUT2D eigenvalue weighted by atomic mass is 16.5. The molecule has 2 saturated heterocycles. The van der Waals surface area contributed by atoms with E-state index in [0.29, 0.717) is 0 Å². The van der Waals surface area contributed by atoms with Crippen molar-refractivity contribution in [3.8, 4) is 0 Å². The Labute approximate surface area is 67.4 Å². The lowest BCUT2D eigenvalue weighted by atomic mass is 9.72. The maximum Gasteiger partial charge on any atom is 0.0862 e. The molecule has 2 nitrogen and oxygen atoms in total. The summed E-state index contributed by atoms with van der Waals surface area (Å²) < 4.78 is 5.67. The molecule has 0 unspecified atom stereocenters. The molecule has 0 atom stereocenters. The minimum Gasteiger partial charge on any atom is -0.369 e. The zero-order valence-corrected chi connectivity index (χ0v) is 6.81. The maximum atomic E-state index is 6.05. The second-order valence-electron chi connectivity index (χ2n) is 3.92. The molecule has 2 aliphatic heterocycles. The number of ether oxygens (including phenoxy) is 1. The number of rotatable bonds is 1. The fourth-order valence-corrected chi connectivity index (χ4v) is 2.01. The summed E-state index contributed by atoms with van der Waals surface area (Å²) in [4.78, 5) is 0. The van der Waals surface area contributed by atoms with E-state index in [1.54, 1.807) is 0 Å². The van der Waals surface area contributed by atoms with Gasteiger partial charge in [-0.25, -0.2) is 0 Å². The van der Waals surface area contributed by atoms with E-state index in [-0.39, 0.29) is 11.1 Å². The molecule has 0 aromatic carbocycles. The van der Waals surface area contributed by atoms with E-state index in [2.05, 4.69) is 6.58 Å². The van der Waals surface area contributed by atoms with Crippen LogP contribution in [0.1, 0.15) is 25.7 Å². The Morgan fingerprint density at radius 3 is 2.27 bits per heavy atom. The first-order valence-corrected chi connectivity index (χ1v) is 4.25. The van der Waals surface area contributed by atoms with E-state index in [1.807, 2.05) is 6.08 Å². The molecule has 11 heavy (non-hydrogen) atoms. The third-order valence-corrected chi connectivity index (χ3v) is 3.11. The molecular weight excluding hydrogens is 138 g/mol. The van der Waals surface area contributed by atoms with E-state index >= 15 is 0 Å². The predicted molar refractivity (Wildman–Crippen MR) is 44.3 cm³/mol. The molecule has 0 amide bonds. The quantitative estimate of drug-likeness (QED) is 0.575. The van der Waals surface area contributed by atoms with E-state index in [4.69, 9.17) is 10.5 Å². The van der Waals surface area contributed by atoms with E-state index in [9.17, 15) is 0 Å². The van der Waals surface area contributed by atoms with Gasteiger partial charge in [-0.3, -0.25) is 0 Å². The second-order valence-corrected chi connectivity index (χ2v) is 3.92. The van der Waals surface area contributed by atoms with Crippen molar-refractivity contribution in [2.24, 2.45) is 5.73 Å².